The molecule has 3 rings (SSSR count). The first-order valence-corrected chi connectivity index (χ1v) is 8.04. The maximum atomic E-state index is 12.1. The van der Waals surface area contributed by atoms with Crippen LogP contribution in [0, 0.1) is 5.92 Å². The minimum Gasteiger partial charge on any atom is -0.337 e. The van der Waals surface area contributed by atoms with Crippen LogP contribution in [-0.4, -0.2) is 25.0 Å². The lowest BCUT2D eigenvalue weighted by Gasteiger charge is -2.16. The van der Waals surface area contributed by atoms with E-state index in [9.17, 15) is 9.59 Å². The van der Waals surface area contributed by atoms with E-state index in [0.717, 1.165) is 10.7 Å². The number of rotatable bonds is 4. The van der Waals surface area contributed by atoms with Crippen molar-refractivity contribution in [2.75, 3.05) is 23.3 Å². The molecule has 0 bridgehead atoms. The Hall–Kier alpha value is -2.34. The lowest BCUT2D eigenvalue weighted by atomic mass is 10.1. The van der Waals surface area contributed by atoms with Gasteiger partial charge in [0.25, 0.3) is 0 Å². The first-order valence-electron chi connectivity index (χ1n) is 7.16. The Morgan fingerprint density at radius 2 is 2.05 bits per heavy atom. The van der Waals surface area contributed by atoms with Crippen molar-refractivity contribution in [3.8, 4) is 0 Å². The molecule has 3 amide bonds. The number of anilines is 2. The number of carbonyl (C=O) groups excluding carboxylic acids is 2. The Bertz CT molecular complexity index is 643. The number of nitrogens with zero attached hydrogens (tertiary/aromatic N) is 1. The van der Waals surface area contributed by atoms with Crippen LogP contribution in [0.15, 0.2) is 47.8 Å². The molecule has 1 fully saturated rings. The van der Waals surface area contributed by atoms with Crippen LogP contribution >= 0.6 is 11.3 Å². The third-order valence-electron chi connectivity index (χ3n) is 3.58. The van der Waals surface area contributed by atoms with Gasteiger partial charge in [-0.2, -0.15) is 0 Å². The van der Waals surface area contributed by atoms with E-state index in [-0.39, 0.29) is 17.9 Å². The van der Waals surface area contributed by atoms with Gasteiger partial charge >= 0.3 is 6.03 Å². The molecule has 22 heavy (non-hydrogen) atoms. The summed E-state index contributed by atoms with van der Waals surface area (Å²) in [6.45, 7) is 1.13. The normalized spacial score (nSPS) is 17.5. The van der Waals surface area contributed by atoms with Crippen molar-refractivity contribution >= 4 is 34.0 Å². The zero-order chi connectivity index (χ0) is 15.4. The summed E-state index contributed by atoms with van der Waals surface area (Å²) in [5.41, 5.74) is 0.915. The van der Waals surface area contributed by atoms with E-state index in [2.05, 4.69) is 10.6 Å². The summed E-state index contributed by atoms with van der Waals surface area (Å²) in [4.78, 5) is 25.7. The molecule has 2 aromatic rings. The predicted octanol–water partition coefficient (Wildman–Crippen LogP) is 2.92. The molecular formula is C16H17N3O2S. The number of urea groups is 1. The van der Waals surface area contributed by atoms with E-state index in [1.807, 2.05) is 47.8 Å². The number of hydrogen-bond acceptors (Lipinski definition) is 3. The number of thiophene rings is 1. The second-order valence-electron chi connectivity index (χ2n) is 5.22. The zero-order valence-corrected chi connectivity index (χ0v) is 12.8. The number of amides is 3. The molecule has 1 aromatic carbocycles. The molecule has 1 aliphatic rings. The highest BCUT2D eigenvalue weighted by Crippen LogP contribution is 2.24. The average molecular weight is 315 g/mol. The molecule has 1 aliphatic heterocycles. The highest BCUT2D eigenvalue weighted by molar-refractivity contribution is 7.14. The first kappa shape index (κ1) is 14.6. The van der Waals surface area contributed by atoms with Crippen molar-refractivity contribution in [2.45, 2.75) is 6.42 Å². The molecule has 0 radical (unpaired) electrons. The minimum absolute atomic E-state index is 0.108. The van der Waals surface area contributed by atoms with Gasteiger partial charge in [-0.05, 0) is 29.6 Å². The van der Waals surface area contributed by atoms with Crippen molar-refractivity contribution in [1.82, 2.24) is 5.32 Å². The Balaban J connectivity index is 1.50. The van der Waals surface area contributed by atoms with Gasteiger partial charge in [-0.3, -0.25) is 10.1 Å². The first-order chi connectivity index (χ1) is 10.7. The fourth-order valence-corrected chi connectivity index (χ4v) is 3.13. The van der Waals surface area contributed by atoms with Gasteiger partial charge in [0, 0.05) is 31.1 Å². The summed E-state index contributed by atoms with van der Waals surface area (Å²) in [5.74, 6) is 0.249. The van der Waals surface area contributed by atoms with E-state index >= 15 is 0 Å². The Morgan fingerprint density at radius 3 is 2.77 bits per heavy atom. The molecule has 1 saturated heterocycles. The SMILES string of the molecule is O=C(NCC1CC(=O)N(c2ccccc2)C1)Nc1cccs1. The Morgan fingerprint density at radius 1 is 1.23 bits per heavy atom. The van der Waals surface area contributed by atoms with Crippen molar-refractivity contribution in [2.24, 2.45) is 5.92 Å². The maximum Gasteiger partial charge on any atom is 0.319 e. The quantitative estimate of drug-likeness (QED) is 0.911. The molecule has 6 heteroatoms. The number of hydrogen-bond donors (Lipinski definition) is 2. The van der Waals surface area contributed by atoms with Gasteiger partial charge in [0.05, 0.1) is 5.00 Å². The lowest BCUT2D eigenvalue weighted by Crippen LogP contribution is -2.34. The smallest absolute Gasteiger partial charge is 0.319 e. The molecule has 5 nitrogen and oxygen atoms in total. The molecule has 0 spiro atoms. The van der Waals surface area contributed by atoms with Crippen molar-refractivity contribution < 1.29 is 9.59 Å². The molecule has 114 valence electrons. The predicted molar refractivity (Wildman–Crippen MR) is 88.2 cm³/mol. The van der Waals surface area contributed by atoms with E-state index in [1.165, 1.54) is 11.3 Å². The topological polar surface area (TPSA) is 61.4 Å². The van der Waals surface area contributed by atoms with Crippen LogP contribution in [0.2, 0.25) is 0 Å². The van der Waals surface area contributed by atoms with Crippen LogP contribution in [0.25, 0.3) is 0 Å². The second kappa shape index (κ2) is 6.62. The van der Waals surface area contributed by atoms with Crippen LogP contribution in [0.1, 0.15) is 6.42 Å². The summed E-state index contributed by atoms with van der Waals surface area (Å²) in [6.07, 6.45) is 0.466. The van der Waals surface area contributed by atoms with E-state index in [0.29, 0.717) is 19.5 Å². The summed E-state index contributed by atoms with van der Waals surface area (Å²) < 4.78 is 0. The van der Waals surface area contributed by atoms with Gasteiger partial charge < -0.3 is 10.2 Å². The molecule has 2 heterocycles. The van der Waals surface area contributed by atoms with Gasteiger partial charge in [0.2, 0.25) is 5.91 Å². The van der Waals surface area contributed by atoms with Crippen LogP contribution in [0.4, 0.5) is 15.5 Å². The summed E-state index contributed by atoms with van der Waals surface area (Å²) in [6, 6.07) is 13.1. The Labute approximate surface area is 132 Å². The van der Waals surface area contributed by atoms with Crippen LogP contribution < -0.4 is 15.5 Å². The average Bonchev–Trinajstić information content (AvgIpc) is 3.16. The molecule has 0 aliphatic carbocycles. The van der Waals surface area contributed by atoms with Crippen molar-refractivity contribution in [1.29, 1.82) is 0 Å². The zero-order valence-electron chi connectivity index (χ0n) is 12.0. The maximum absolute atomic E-state index is 12.1. The van der Waals surface area contributed by atoms with Gasteiger partial charge in [0.15, 0.2) is 0 Å². The number of carbonyl (C=O) groups is 2. The lowest BCUT2D eigenvalue weighted by molar-refractivity contribution is -0.117. The van der Waals surface area contributed by atoms with Gasteiger partial charge in [-0.15, -0.1) is 11.3 Å². The van der Waals surface area contributed by atoms with Crippen molar-refractivity contribution in [3.63, 3.8) is 0 Å². The Kier molecular flexibility index (Phi) is 4.39. The van der Waals surface area contributed by atoms with Gasteiger partial charge in [0.1, 0.15) is 0 Å². The van der Waals surface area contributed by atoms with Crippen LogP contribution in [-0.2, 0) is 4.79 Å². The highest BCUT2D eigenvalue weighted by Gasteiger charge is 2.30. The molecule has 1 aromatic heterocycles. The number of para-hydroxylation sites is 1. The highest BCUT2D eigenvalue weighted by atomic mass is 32.1. The monoisotopic (exact) mass is 315 g/mol. The fourth-order valence-electron chi connectivity index (χ4n) is 2.52. The van der Waals surface area contributed by atoms with Gasteiger partial charge in [-0.25, -0.2) is 4.79 Å². The molecule has 1 atom stereocenters. The molecule has 0 saturated carbocycles. The molecule has 1 unspecified atom stereocenters. The van der Waals surface area contributed by atoms with E-state index in [1.54, 1.807) is 4.90 Å². The largest absolute Gasteiger partial charge is 0.337 e. The summed E-state index contributed by atoms with van der Waals surface area (Å²) >= 11 is 1.47. The van der Waals surface area contributed by atoms with Crippen LogP contribution in [0.3, 0.4) is 0 Å². The molecule has 2 N–H and O–H groups in total. The third kappa shape index (κ3) is 3.46. The fraction of sp³-hybridized carbons (Fsp3) is 0.250. The van der Waals surface area contributed by atoms with Crippen LogP contribution in [0.5, 0.6) is 0 Å². The molecular weight excluding hydrogens is 298 g/mol. The van der Waals surface area contributed by atoms with E-state index in [4.69, 9.17) is 0 Å². The summed E-state index contributed by atoms with van der Waals surface area (Å²) in [5, 5.41) is 8.32. The van der Waals surface area contributed by atoms with Crippen molar-refractivity contribution in [3.05, 3.63) is 47.8 Å². The second-order valence-corrected chi connectivity index (χ2v) is 6.17. The summed E-state index contributed by atoms with van der Waals surface area (Å²) in [7, 11) is 0. The van der Waals surface area contributed by atoms with E-state index < -0.39 is 0 Å². The minimum atomic E-state index is -0.229. The standard InChI is InChI=1S/C16H17N3O2S/c20-15-9-12(11-19(15)13-5-2-1-3-6-13)10-17-16(21)18-14-7-4-8-22-14/h1-8,12H,9-11H2,(H2,17,18,21). The third-order valence-corrected chi connectivity index (χ3v) is 4.37. The number of benzene rings is 1. The van der Waals surface area contributed by atoms with Gasteiger partial charge in [-0.1, -0.05) is 18.2 Å². The number of nitrogens with one attached hydrogen (secondary N) is 2.